The number of hydrogen-bond donors (Lipinski definition) is 1. The molecule has 0 atom stereocenters. The van der Waals surface area contributed by atoms with Crippen LogP contribution in [-0.2, 0) is 10.0 Å². The quantitative estimate of drug-likeness (QED) is 0.680. The third kappa shape index (κ3) is 4.30. The molecule has 0 aliphatic rings. The number of rotatable bonds is 5. The van der Waals surface area contributed by atoms with Gasteiger partial charge in [-0.2, -0.15) is 13.5 Å². The number of nitrogens with zero attached hydrogens (tertiary/aromatic N) is 1. The first-order valence-electron chi connectivity index (χ1n) is 6.83. The number of allylic oxidation sites excluding steroid dienone is 1. The Morgan fingerprint density at radius 2 is 1.77 bits per heavy atom. The SMILES string of the molecule is Cc1ccc(C)c(S(=O)(=O)NN=CC=Cc2ccccc2)c1. The molecular weight excluding hydrogens is 296 g/mol. The van der Waals surface area contributed by atoms with Crippen LogP contribution < -0.4 is 4.83 Å². The van der Waals surface area contributed by atoms with Crippen LogP contribution in [0.4, 0.5) is 0 Å². The fourth-order valence-corrected chi connectivity index (χ4v) is 3.04. The van der Waals surface area contributed by atoms with Crippen LogP contribution in [0.15, 0.2) is 64.6 Å². The predicted molar refractivity (Wildman–Crippen MR) is 90.2 cm³/mol. The van der Waals surface area contributed by atoms with Gasteiger partial charge in [-0.05, 0) is 42.7 Å². The first-order chi connectivity index (χ1) is 10.5. The highest BCUT2D eigenvalue weighted by molar-refractivity contribution is 7.89. The Labute approximate surface area is 131 Å². The van der Waals surface area contributed by atoms with Gasteiger partial charge in [-0.15, -0.1) is 0 Å². The van der Waals surface area contributed by atoms with Gasteiger partial charge in [0.1, 0.15) is 0 Å². The molecule has 0 aliphatic carbocycles. The topological polar surface area (TPSA) is 58.5 Å². The van der Waals surface area contributed by atoms with Gasteiger partial charge in [0.2, 0.25) is 0 Å². The molecule has 0 saturated carbocycles. The van der Waals surface area contributed by atoms with Crippen molar-refractivity contribution < 1.29 is 8.42 Å². The van der Waals surface area contributed by atoms with Crippen molar-refractivity contribution in [1.82, 2.24) is 4.83 Å². The van der Waals surface area contributed by atoms with E-state index in [0.29, 0.717) is 5.56 Å². The molecule has 0 saturated heterocycles. The van der Waals surface area contributed by atoms with Gasteiger partial charge in [0.15, 0.2) is 0 Å². The summed E-state index contributed by atoms with van der Waals surface area (Å²) < 4.78 is 24.4. The average molecular weight is 314 g/mol. The predicted octanol–water partition coefficient (Wildman–Crippen LogP) is 3.28. The highest BCUT2D eigenvalue weighted by Gasteiger charge is 2.15. The third-order valence-electron chi connectivity index (χ3n) is 3.05. The van der Waals surface area contributed by atoms with E-state index in [1.165, 1.54) is 6.21 Å². The molecule has 5 heteroatoms. The third-order valence-corrected chi connectivity index (χ3v) is 4.42. The van der Waals surface area contributed by atoms with Crippen molar-refractivity contribution in [2.45, 2.75) is 18.7 Å². The minimum atomic E-state index is -3.64. The van der Waals surface area contributed by atoms with Gasteiger partial charge in [-0.3, -0.25) is 0 Å². The largest absolute Gasteiger partial charge is 0.276 e. The van der Waals surface area contributed by atoms with Crippen LogP contribution in [0.25, 0.3) is 6.08 Å². The highest BCUT2D eigenvalue weighted by atomic mass is 32.2. The monoisotopic (exact) mass is 314 g/mol. The first-order valence-corrected chi connectivity index (χ1v) is 8.31. The van der Waals surface area contributed by atoms with E-state index in [1.54, 1.807) is 25.1 Å². The van der Waals surface area contributed by atoms with Gasteiger partial charge in [-0.1, -0.05) is 48.5 Å². The maximum Gasteiger partial charge on any atom is 0.276 e. The Morgan fingerprint density at radius 1 is 1.05 bits per heavy atom. The summed E-state index contributed by atoms with van der Waals surface area (Å²) in [6.07, 6.45) is 4.94. The number of hydrogen-bond acceptors (Lipinski definition) is 3. The van der Waals surface area contributed by atoms with Gasteiger partial charge in [0.25, 0.3) is 10.0 Å². The number of benzene rings is 2. The van der Waals surface area contributed by atoms with E-state index in [-0.39, 0.29) is 4.90 Å². The lowest BCUT2D eigenvalue weighted by atomic mass is 10.2. The molecule has 0 aliphatic heterocycles. The number of nitrogens with one attached hydrogen (secondary N) is 1. The lowest BCUT2D eigenvalue weighted by Gasteiger charge is -2.07. The molecule has 0 amide bonds. The van der Waals surface area contributed by atoms with E-state index >= 15 is 0 Å². The van der Waals surface area contributed by atoms with Gasteiger partial charge < -0.3 is 0 Å². The molecule has 0 fully saturated rings. The Balaban J connectivity index is 2.05. The Morgan fingerprint density at radius 3 is 2.50 bits per heavy atom. The maximum atomic E-state index is 12.2. The van der Waals surface area contributed by atoms with Crippen molar-refractivity contribution >= 4 is 22.3 Å². The minimum absolute atomic E-state index is 0.247. The van der Waals surface area contributed by atoms with Crippen molar-refractivity contribution in [3.63, 3.8) is 0 Å². The Kier molecular flexibility index (Phi) is 5.12. The molecule has 114 valence electrons. The van der Waals surface area contributed by atoms with E-state index in [9.17, 15) is 8.42 Å². The zero-order valence-corrected chi connectivity index (χ0v) is 13.3. The van der Waals surface area contributed by atoms with Crippen molar-refractivity contribution in [2.24, 2.45) is 5.10 Å². The van der Waals surface area contributed by atoms with Crippen LogP contribution in [0.2, 0.25) is 0 Å². The van der Waals surface area contributed by atoms with Crippen molar-refractivity contribution in [2.75, 3.05) is 0 Å². The van der Waals surface area contributed by atoms with Crippen LogP contribution in [0.5, 0.6) is 0 Å². The molecule has 4 nitrogen and oxygen atoms in total. The average Bonchev–Trinajstić information content (AvgIpc) is 2.50. The van der Waals surface area contributed by atoms with E-state index in [1.807, 2.05) is 49.4 Å². The smallest absolute Gasteiger partial charge is 0.200 e. The molecule has 2 rings (SSSR count). The van der Waals surface area contributed by atoms with Crippen molar-refractivity contribution in [3.05, 3.63) is 71.3 Å². The summed E-state index contributed by atoms with van der Waals surface area (Å²) in [6, 6.07) is 15.0. The molecule has 2 aromatic carbocycles. The second-order valence-corrected chi connectivity index (χ2v) is 6.54. The summed E-state index contributed by atoms with van der Waals surface area (Å²) in [5.74, 6) is 0. The van der Waals surface area contributed by atoms with Gasteiger partial charge in [-0.25, -0.2) is 4.83 Å². The second-order valence-electron chi connectivity index (χ2n) is 4.91. The fourth-order valence-electron chi connectivity index (χ4n) is 1.91. The maximum absolute atomic E-state index is 12.2. The lowest BCUT2D eigenvalue weighted by molar-refractivity contribution is 0.584. The van der Waals surface area contributed by atoms with Gasteiger partial charge >= 0.3 is 0 Å². The summed E-state index contributed by atoms with van der Waals surface area (Å²) in [7, 11) is -3.64. The molecule has 0 spiro atoms. The van der Waals surface area contributed by atoms with Crippen molar-refractivity contribution in [3.8, 4) is 0 Å². The van der Waals surface area contributed by atoms with E-state index in [2.05, 4.69) is 9.93 Å². The zero-order valence-electron chi connectivity index (χ0n) is 12.5. The molecule has 1 N–H and O–H groups in total. The van der Waals surface area contributed by atoms with Crippen molar-refractivity contribution in [1.29, 1.82) is 0 Å². The zero-order chi connectivity index (χ0) is 16.0. The normalized spacial score (nSPS) is 12.1. The molecular formula is C17H18N2O2S. The summed E-state index contributed by atoms with van der Waals surface area (Å²) in [5.41, 5.74) is 2.60. The summed E-state index contributed by atoms with van der Waals surface area (Å²) in [5, 5.41) is 3.76. The summed E-state index contributed by atoms with van der Waals surface area (Å²) in [6.45, 7) is 3.61. The van der Waals surface area contributed by atoms with E-state index in [4.69, 9.17) is 0 Å². The van der Waals surface area contributed by atoms with Gasteiger partial charge in [0, 0.05) is 6.21 Å². The summed E-state index contributed by atoms with van der Waals surface area (Å²) in [4.78, 5) is 2.47. The molecule has 0 unspecified atom stereocenters. The minimum Gasteiger partial charge on any atom is -0.200 e. The first kappa shape index (κ1) is 16.0. The molecule has 0 heterocycles. The highest BCUT2D eigenvalue weighted by Crippen LogP contribution is 2.16. The number of aryl methyl sites for hydroxylation is 2. The van der Waals surface area contributed by atoms with E-state index < -0.39 is 10.0 Å². The number of sulfonamides is 1. The standard InChI is InChI=1S/C17H18N2O2S/c1-14-10-11-15(2)17(13-14)22(20,21)19-18-12-6-9-16-7-4-3-5-8-16/h3-13,19H,1-2H3. The van der Waals surface area contributed by atoms with Crippen LogP contribution in [-0.4, -0.2) is 14.6 Å². The molecule has 0 aromatic heterocycles. The van der Waals surface area contributed by atoms with Crippen LogP contribution >= 0.6 is 0 Å². The Bertz CT molecular complexity index is 795. The molecule has 0 radical (unpaired) electrons. The fraction of sp³-hybridized carbons (Fsp3) is 0.118. The lowest BCUT2D eigenvalue weighted by Crippen LogP contribution is -2.19. The van der Waals surface area contributed by atoms with Crippen LogP contribution in [0.3, 0.4) is 0 Å². The molecule has 0 bridgehead atoms. The van der Waals surface area contributed by atoms with Crippen LogP contribution in [0, 0.1) is 13.8 Å². The van der Waals surface area contributed by atoms with Crippen LogP contribution in [0.1, 0.15) is 16.7 Å². The Hall–Kier alpha value is -2.40. The summed E-state index contributed by atoms with van der Waals surface area (Å²) >= 11 is 0. The van der Waals surface area contributed by atoms with E-state index in [0.717, 1.165) is 11.1 Å². The molecule has 2 aromatic rings. The molecule has 22 heavy (non-hydrogen) atoms. The number of hydrazone groups is 1. The second kappa shape index (κ2) is 7.04. The van der Waals surface area contributed by atoms with Gasteiger partial charge in [0.05, 0.1) is 4.90 Å².